The number of carboxylic acids is 1. The lowest BCUT2D eigenvalue weighted by Crippen LogP contribution is -2.61. The molecule has 1 unspecified atom stereocenters. The van der Waals surface area contributed by atoms with Gasteiger partial charge in [0.25, 0.3) is 0 Å². The molecular formula is C9H15F3N2O5S. The molecule has 0 heterocycles. The van der Waals surface area contributed by atoms with E-state index >= 15 is 0 Å². The molecule has 1 amide bonds. The zero-order valence-corrected chi connectivity index (χ0v) is 11.3. The minimum Gasteiger partial charge on any atom is -0.480 e. The molecule has 0 aromatic rings. The molecule has 0 aliphatic rings. The van der Waals surface area contributed by atoms with Gasteiger partial charge in [0.2, 0.25) is 11.4 Å². The number of alkyl halides is 3. The fourth-order valence-corrected chi connectivity index (χ4v) is 2.24. The highest BCUT2D eigenvalue weighted by atomic mass is 32.2. The minimum atomic E-state index is -5.09. The SMILES string of the molecule is CC(NCCS(=O)(=O)CCC(N)=O)(C(=O)O)C(F)(F)F. The van der Waals surface area contributed by atoms with Gasteiger partial charge < -0.3 is 10.8 Å². The second kappa shape index (κ2) is 6.39. The van der Waals surface area contributed by atoms with Crippen LogP contribution < -0.4 is 11.1 Å². The Morgan fingerprint density at radius 1 is 1.25 bits per heavy atom. The first-order chi connectivity index (χ1) is 8.82. The first kappa shape index (κ1) is 18.6. The van der Waals surface area contributed by atoms with E-state index in [4.69, 9.17) is 10.8 Å². The van der Waals surface area contributed by atoms with E-state index in [0.717, 1.165) is 0 Å². The molecule has 20 heavy (non-hydrogen) atoms. The minimum absolute atomic E-state index is 0.394. The summed E-state index contributed by atoms with van der Waals surface area (Å²) < 4.78 is 60.5. The number of amides is 1. The summed E-state index contributed by atoms with van der Waals surface area (Å²) in [7, 11) is -3.79. The van der Waals surface area contributed by atoms with E-state index in [0.29, 0.717) is 6.92 Å². The lowest BCUT2D eigenvalue weighted by atomic mass is 10.0. The Hall–Kier alpha value is -1.36. The third kappa shape index (κ3) is 5.33. The van der Waals surface area contributed by atoms with Crippen molar-refractivity contribution in [2.75, 3.05) is 18.1 Å². The van der Waals surface area contributed by atoms with Gasteiger partial charge in [0.05, 0.1) is 11.5 Å². The van der Waals surface area contributed by atoms with Gasteiger partial charge in [0.15, 0.2) is 9.84 Å². The molecule has 118 valence electrons. The summed E-state index contributed by atoms with van der Waals surface area (Å²) in [5.41, 5.74) is 1.51. The van der Waals surface area contributed by atoms with Gasteiger partial charge in [-0.2, -0.15) is 13.2 Å². The van der Waals surface area contributed by atoms with Gasteiger partial charge in [-0.3, -0.25) is 10.1 Å². The third-order valence-electron chi connectivity index (χ3n) is 2.55. The molecule has 1 atom stereocenters. The molecule has 7 nitrogen and oxygen atoms in total. The summed E-state index contributed by atoms with van der Waals surface area (Å²) in [6.07, 6.45) is -5.53. The monoisotopic (exact) mass is 320 g/mol. The van der Waals surface area contributed by atoms with Crippen LogP contribution in [0.1, 0.15) is 13.3 Å². The lowest BCUT2D eigenvalue weighted by Gasteiger charge is -2.28. The molecule has 0 fully saturated rings. The van der Waals surface area contributed by atoms with E-state index < -0.39 is 57.9 Å². The van der Waals surface area contributed by atoms with Crippen LogP contribution in [0.15, 0.2) is 0 Å². The molecule has 0 bridgehead atoms. The summed E-state index contributed by atoms with van der Waals surface area (Å²) in [5.74, 6) is -4.36. The summed E-state index contributed by atoms with van der Waals surface area (Å²) in [4.78, 5) is 21.1. The Balaban J connectivity index is 4.62. The first-order valence-electron chi connectivity index (χ1n) is 5.36. The highest BCUT2D eigenvalue weighted by Crippen LogP contribution is 2.30. The molecule has 0 aromatic heterocycles. The van der Waals surface area contributed by atoms with Crippen LogP contribution in [0.5, 0.6) is 0 Å². The zero-order chi connectivity index (χ0) is 16.2. The first-order valence-corrected chi connectivity index (χ1v) is 7.18. The molecule has 0 saturated carbocycles. The van der Waals surface area contributed by atoms with Gasteiger partial charge in [0, 0.05) is 13.0 Å². The Kier molecular flexibility index (Phi) is 5.96. The van der Waals surface area contributed by atoms with E-state index in [2.05, 4.69) is 0 Å². The maximum absolute atomic E-state index is 12.6. The lowest BCUT2D eigenvalue weighted by molar-refractivity contribution is -0.205. The van der Waals surface area contributed by atoms with Crippen molar-refractivity contribution < 1.29 is 36.3 Å². The predicted molar refractivity (Wildman–Crippen MR) is 62.6 cm³/mol. The number of hydrogen-bond acceptors (Lipinski definition) is 5. The molecule has 0 aliphatic heterocycles. The molecular weight excluding hydrogens is 305 g/mol. The highest BCUT2D eigenvalue weighted by molar-refractivity contribution is 7.91. The van der Waals surface area contributed by atoms with Gasteiger partial charge in [-0.05, 0) is 6.92 Å². The van der Waals surface area contributed by atoms with E-state index in [1.54, 1.807) is 5.32 Å². The summed E-state index contributed by atoms with van der Waals surface area (Å²) in [6.45, 7) is -0.325. The van der Waals surface area contributed by atoms with Crippen molar-refractivity contribution in [2.45, 2.75) is 25.1 Å². The molecule has 0 rings (SSSR count). The molecule has 0 aliphatic carbocycles. The number of halogens is 3. The summed E-state index contributed by atoms with van der Waals surface area (Å²) >= 11 is 0. The quantitative estimate of drug-likeness (QED) is 0.541. The number of carbonyl (C=O) groups excluding carboxylic acids is 1. The van der Waals surface area contributed by atoms with Gasteiger partial charge in [-0.15, -0.1) is 0 Å². The number of sulfone groups is 1. The average Bonchev–Trinajstić information content (AvgIpc) is 2.24. The summed E-state index contributed by atoms with van der Waals surface area (Å²) in [5, 5.41) is 10.2. The van der Waals surface area contributed by atoms with Crippen molar-refractivity contribution in [1.29, 1.82) is 0 Å². The van der Waals surface area contributed by atoms with Crippen LogP contribution in [0, 0.1) is 0 Å². The van der Waals surface area contributed by atoms with Crippen LogP contribution >= 0.6 is 0 Å². The van der Waals surface area contributed by atoms with Crippen molar-refractivity contribution in [1.82, 2.24) is 5.32 Å². The second-order valence-corrected chi connectivity index (χ2v) is 6.53. The Morgan fingerprint density at radius 2 is 1.75 bits per heavy atom. The normalized spacial score (nSPS) is 15.6. The second-order valence-electron chi connectivity index (χ2n) is 4.22. The molecule has 11 heteroatoms. The van der Waals surface area contributed by atoms with Gasteiger partial charge in [-0.1, -0.05) is 0 Å². The van der Waals surface area contributed by atoms with Crippen LogP contribution in [-0.2, 0) is 19.4 Å². The average molecular weight is 320 g/mol. The van der Waals surface area contributed by atoms with Gasteiger partial charge >= 0.3 is 12.1 Å². The molecule has 0 saturated heterocycles. The van der Waals surface area contributed by atoms with Crippen LogP contribution in [0.2, 0.25) is 0 Å². The number of aliphatic carboxylic acids is 1. The Morgan fingerprint density at radius 3 is 2.10 bits per heavy atom. The van der Waals surface area contributed by atoms with Crippen LogP contribution in [0.4, 0.5) is 13.2 Å². The number of rotatable bonds is 8. The van der Waals surface area contributed by atoms with Crippen molar-refractivity contribution in [3.8, 4) is 0 Å². The maximum Gasteiger partial charge on any atom is 0.417 e. The molecule has 0 spiro atoms. The Labute approximate surface area is 113 Å². The number of hydrogen-bond donors (Lipinski definition) is 3. The van der Waals surface area contributed by atoms with Crippen LogP contribution in [0.25, 0.3) is 0 Å². The zero-order valence-electron chi connectivity index (χ0n) is 10.5. The molecule has 0 aromatic carbocycles. The highest BCUT2D eigenvalue weighted by Gasteiger charge is 2.57. The van der Waals surface area contributed by atoms with Gasteiger partial charge in [-0.25, -0.2) is 13.2 Å². The number of carbonyl (C=O) groups is 2. The van der Waals surface area contributed by atoms with Crippen molar-refractivity contribution in [2.24, 2.45) is 5.73 Å². The molecule has 4 N–H and O–H groups in total. The maximum atomic E-state index is 12.6. The van der Waals surface area contributed by atoms with E-state index in [9.17, 15) is 31.2 Å². The topological polar surface area (TPSA) is 127 Å². The van der Waals surface area contributed by atoms with Crippen LogP contribution in [0.3, 0.4) is 0 Å². The predicted octanol–water partition coefficient (Wildman–Crippen LogP) is -0.728. The van der Waals surface area contributed by atoms with Crippen molar-refractivity contribution in [3.05, 3.63) is 0 Å². The number of carboxylic acid groups (broad SMARTS) is 1. The van der Waals surface area contributed by atoms with E-state index in [-0.39, 0.29) is 0 Å². The number of primary amides is 1. The number of nitrogens with two attached hydrogens (primary N) is 1. The summed E-state index contributed by atoms with van der Waals surface area (Å²) in [6, 6.07) is 0. The molecule has 0 radical (unpaired) electrons. The number of nitrogens with one attached hydrogen (secondary N) is 1. The standard InChI is InChI=1S/C9H15F3N2O5S/c1-8(7(16)17,9(10,11)12)14-3-5-20(18,19)4-2-6(13)15/h14H,2-5H2,1H3,(H2,13,15)(H,16,17). The third-order valence-corrected chi connectivity index (χ3v) is 4.20. The van der Waals surface area contributed by atoms with Crippen molar-refractivity contribution >= 4 is 21.7 Å². The van der Waals surface area contributed by atoms with E-state index in [1.165, 1.54) is 0 Å². The Bertz CT molecular complexity index is 476. The van der Waals surface area contributed by atoms with E-state index in [1.807, 2.05) is 0 Å². The smallest absolute Gasteiger partial charge is 0.417 e. The fourth-order valence-electron chi connectivity index (χ4n) is 1.11. The fraction of sp³-hybridized carbons (Fsp3) is 0.778. The van der Waals surface area contributed by atoms with Gasteiger partial charge in [0.1, 0.15) is 0 Å². The van der Waals surface area contributed by atoms with Crippen LogP contribution in [-0.4, -0.2) is 55.2 Å². The van der Waals surface area contributed by atoms with Crippen molar-refractivity contribution in [3.63, 3.8) is 0 Å². The largest absolute Gasteiger partial charge is 0.480 e.